The lowest BCUT2D eigenvalue weighted by atomic mass is 9.77. The lowest BCUT2D eigenvalue weighted by molar-refractivity contribution is 0.904. The van der Waals surface area contributed by atoms with E-state index in [0.29, 0.717) is 0 Å². The summed E-state index contributed by atoms with van der Waals surface area (Å²) in [4.78, 5) is 0. The maximum absolute atomic E-state index is 2.40. The molecule has 0 aliphatic heterocycles. The minimum Gasteiger partial charge on any atom is -0.0720 e. The van der Waals surface area contributed by atoms with Gasteiger partial charge in [0.15, 0.2) is 0 Å². The van der Waals surface area contributed by atoms with Gasteiger partial charge in [-0.3, -0.25) is 0 Å². The monoisotopic (exact) mass is 420 g/mol. The molecule has 0 heterocycles. The molecule has 4 aromatic carbocycles. The first kappa shape index (κ1) is 18.7. The van der Waals surface area contributed by atoms with Crippen molar-refractivity contribution in [3.8, 4) is 0 Å². The van der Waals surface area contributed by atoms with Crippen LogP contribution in [-0.2, 0) is 0 Å². The largest absolute Gasteiger partial charge is 0.0720 e. The highest BCUT2D eigenvalue weighted by molar-refractivity contribution is 5.72. The Bertz CT molecular complexity index is 1400. The highest BCUT2D eigenvalue weighted by Gasteiger charge is 2.31. The van der Waals surface area contributed by atoms with Crippen LogP contribution in [0.2, 0.25) is 0 Å². The van der Waals surface area contributed by atoms with Crippen LogP contribution in [0.1, 0.15) is 67.8 Å². The zero-order valence-electron chi connectivity index (χ0n) is 18.4. The lowest BCUT2D eigenvalue weighted by Crippen LogP contribution is -2.11. The topological polar surface area (TPSA) is 0 Å². The number of rotatable bonds is 3. The average molecular weight is 421 g/mol. The molecule has 3 atom stereocenters. The molecule has 156 valence electrons. The van der Waals surface area contributed by atoms with Crippen LogP contribution < -0.4 is 0 Å². The van der Waals surface area contributed by atoms with Crippen LogP contribution in [0.3, 0.4) is 0 Å². The Morgan fingerprint density at radius 1 is 0.333 bits per heavy atom. The molecule has 0 fully saturated rings. The first-order chi connectivity index (χ1) is 16.4. The predicted molar refractivity (Wildman–Crippen MR) is 138 cm³/mol. The quantitative estimate of drug-likeness (QED) is 0.314. The minimum absolute atomic E-state index is 0.273. The van der Waals surface area contributed by atoms with Crippen molar-refractivity contribution in [2.45, 2.75) is 17.8 Å². The van der Waals surface area contributed by atoms with Crippen LogP contribution >= 0.6 is 0 Å². The zero-order chi connectivity index (χ0) is 21.8. The summed E-state index contributed by atoms with van der Waals surface area (Å²) < 4.78 is 0. The number of hydrogen-bond donors (Lipinski definition) is 0. The molecular formula is C33H24. The summed E-state index contributed by atoms with van der Waals surface area (Å²) in [5, 5.41) is 0. The lowest BCUT2D eigenvalue weighted by Gasteiger charge is -2.26. The summed E-state index contributed by atoms with van der Waals surface area (Å²) in [6.45, 7) is 0. The number of hydrogen-bond acceptors (Lipinski definition) is 0. The van der Waals surface area contributed by atoms with Crippen molar-refractivity contribution in [3.63, 3.8) is 0 Å². The molecule has 0 saturated carbocycles. The normalized spacial score (nSPS) is 21.3. The molecule has 0 nitrogen and oxygen atoms in total. The van der Waals surface area contributed by atoms with Gasteiger partial charge in [0.25, 0.3) is 0 Å². The van der Waals surface area contributed by atoms with E-state index in [0.717, 1.165) is 0 Å². The standard InChI is InChI=1S/C33H24/c1-4-11-25-22(8-1)16-19-28(25)30-14-7-15-31(29-20-17-23-9-2-5-12-26(23)29)33(30)32-21-18-24-10-3-6-13-27(24)32/h1-21,28-29,32H. The molecule has 3 aliphatic carbocycles. The number of fused-ring (bicyclic) bond motifs is 3. The fourth-order valence-corrected chi connectivity index (χ4v) is 6.05. The average Bonchev–Trinajstić information content (AvgIpc) is 3.60. The van der Waals surface area contributed by atoms with E-state index in [-0.39, 0.29) is 17.8 Å². The Labute approximate surface area is 195 Å². The molecule has 0 amide bonds. The second-order valence-electron chi connectivity index (χ2n) is 9.25. The van der Waals surface area contributed by atoms with Crippen LogP contribution in [-0.4, -0.2) is 0 Å². The summed E-state index contributed by atoms with van der Waals surface area (Å²) in [5.41, 5.74) is 12.6. The second kappa shape index (κ2) is 7.32. The molecule has 0 bridgehead atoms. The SMILES string of the molecule is C1=CC(c2cccc(C3C=Cc4ccccc43)c2C2C=Cc3ccccc32)c2ccccc21. The van der Waals surface area contributed by atoms with Crippen LogP contribution in [0.15, 0.2) is 109 Å². The van der Waals surface area contributed by atoms with Crippen LogP contribution in [0.5, 0.6) is 0 Å². The van der Waals surface area contributed by atoms with E-state index in [4.69, 9.17) is 0 Å². The molecule has 0 spiro atoms. The van der Waals surface area contributed by atoms with Crippen LogP contribution in [0, 0.1) is 0 Å². The van der Waals surface area contributed by atoms with Crippen molar-refractivity contribution >= 4 is 18.2 Å². The first-order valence-electron chi connectivity index (χ1n) is 11.8. The van der Waals surface area contributed by atoms with Gasteiger partial charge in [0.2, 0.25) is 0 Å². The van der Waals surface area contributed by atoms with E-state index in [1.165, 1.54) is 50.1 Å². The van der Waals surface area contributed by atoms with Gasteiger partial charge in [0, 0.05) is 17.8 Å². The molecule has 0 radical (unpaired) electrons. The van der Waals surface area contributed by atoms with Crippen molar-refractivity contribution in [2.75, 3.05) is 0 Å². The van der Waals surface area contributed by atoms with Crippen molar-refractivity contribution in [1.29, 1.82) is 0 Å². The predicted octanol–water partition coefficient (Wildman–Crippen LogP) is 8.16. The van der Waals surface area contributed by atoms with E-state index >= 15 is 0 Å². The number of allylic oxidation sites excluding steroid dienone is 3. The maximum Gasteiger partial charge on any atom is 0.0284 e. The van der Waals surface area contributed by atoms with Crippen molar-refractivity contribution in [3.05, 3.63) is 159 Å². The molecular weight excluding hydrogens is 396 g/mol. The molecule has 33 heavy (non-hydrogen) atoms. The first-order valence-corrected chi connectivity index (χ1v) is 11.8. The third-order valence-electron chi connectivity index (χ3n) is 7.55. The molecule has 0 aromatic heterocycles. The van der Waals surface area contributed by atoms with Gasteiger partial charge in [-0.1, -0.05) is 127 Å². The number of benzene rings is 4. The Balaban J connectivity index is 1.47. The van der Waals surface area contributed by atoms with Gasteiger partial charge in [0.05, 0.1) is 0 Å². The molecule has 7 rings (SSSR count). The highest BCUT2D eigenvalue weighted by atomic mass is 14.3. The van der Waals surface area contributed by atoms with Gasteiger partial charge in [-0.2, -0.15) is 0 Å². The molecule has 0 saturated heterocycles. The van der Waals surface area contributed by atoms with E-state index in [2.05, 4.69) is 127 Å². The van der Waals surface area contributed by atoms with E-state index in [9.17, 15) is 0 Å². The fourth-order valence-electron chi connectivity index (χ4n) is 6.05. The Kier molecular flexibility index (Phi) is 4.14. The van der Waals surface area contributed by atoms with Gasteiger partial charge in [-0.25, -0.2) is 0 Å². The van der Waals surface area contributed by atoms with Gasteiger partial charge >= 0.3 is 0 Å². The fraction of sp³-hybridized carbons (Fsp3) is 0.0909. The zero-order valence-corrected chi connectivity index (χ0v) is 18.4. The van der Waals surface area contributed by atoms with Crippen molar-refractivity contribution in [2.24, 2.45) is 0 Å². The van der Waals surface area contributed by atoms with Crippen molar-refractivity contribution in [1.82, 2.24) is 0 Å². The van der Waals surface area contributed by atoms with Gasteiger partial charge in [-0.05, 0) is 50.1 Å². The summed E-state index contributed by atoms with van der Waals surface area (Å²) in [5.74, 6) is 0.852. The molecule has 4 aromatic rings. The summed E-state index contributed by atoms with van der Waals surface area (Å²) in [6.07, 6.45) is 14.1. The third kappa shape index (κ3) is 2.84. The van der Waals surface area contributed by atoms with Gasteiger partial charge < -0.3 is 0 Å². The van der Waals surface area contributed by atoms with Crippen molar-refractivity contribution < 1.29 is 0 Å². The van der Waals surface area contributed by atoms with E-state index < -0.39 is 0 Å². The van der Waals surface area contributed by atoms with Gasteiger partial charge in [-0.15, -0.1) is 0 Å². The maximum atomic E-state index is 2.40. The summed E-state index contributed by atoms with van der Waals surface area (Å²) in [6, 6.07) is 33.5. The summed E-state index contributed by atoms with van der Waals surface area (Å²) in [7, 11) is 0. The molecule has 0 heteroatoms. The second-order valence-corrected chi connectivity index (χ2v) is 9.25. The molecule has 3 unspecified atom stereocenters. The van der Waals surface area contributed by atoms with Crippen LogP contribution in [0.25, 0.3) is 18.2 Å². The van der Waals surface area contributed by atoms with E-state index in [1.807, 2.05) is 0 Å². The smallest absolute Gasteiger partial charge is 0.0284 e. The Morgan fingerprint density at radius 2 is 0.697 bits per heavy atom. The highest BCUT2D eigenvalue weighted by Crippen LogP contribution is 2.48. The molecule has 0 N–H and O–H groups in total. The van der Waals surface area contributed by atoms with Crippen LogP contribution in [0.4, 0.5) is 0 Å². The van der Waals surface area contributed by atoms with E-state index in [1.54, 1.807) is 0 Å². The Morgan fingerprint density at radius 3 is 1.18 bits per heavy atom. The van der Waals surface area contributed by atoms with Gasteiger partial charge in [0.1, 0.15) is 0 Å². The third-order valence-corrected chi connectivity index (χ3v) is 7.55. The minimum atomic E-state index is 0.273. The molecule has 3 aliphatic rings. The Hall–Kier alpha value is -3.90. The summed E-state index contributed by atoms with van der Waals surface area (Å²) >= 11 is 0.